The molecular weight excluding hydrogens is 372 g/mol. The summed E-state index contributed by atoms with van der Waals surface area (Å²) in [6.45, 7) is 0.434. The average molecular weight is 397 g/mol. The Morgan fingerprint density at radius 1 is 1.12 bits per heavy atom. The Morgan fingerprint density at radius 2 is 1.81 bits per heavy atom. The molecule has 26 heavy (non-hydrogen) atoms. The molecule has 0 aliphatic heterocycles. The number of thioether (sulfide) groups is 1. The Balaban J connectivity index is 0.00000338. The van der Waals surface area contributed by atoms with Crippen molar-refractivity contribution in [2.75, 3.05) is 26.5 Å². The summed E-state index contributed by atoms with van der Waals surface area (Å²) in [4.78, 5) is 13.0. The van der Waals surface area contributed by atoms with E-state index in [1.165, 1.54) is 0 Å². The van der Waals surface area contributed by atoms with Gasteiger partial charge in [-0.2, -0.15) is 0 Å². The number of amides is 1. The predicted octanol–water partition coefficient (Wildman–Crippen LogP) is 3.42. The number of benzene rings is 2. The van der Waals surface area contributed by atoms with Gasteiger partial charge in [-0.1, -0.05) is 30.3 Å². The van der Waals surface area contributed by atoms with Crippen LogP contribution in [-0.2, 0) is 4.79 Å². The first kappa shape index (κ1) is 22.2. The van der Waals surface area contributed by atoms with Crippen LogP contribution in [0.4, 0.5) is 0 Å². The molecule has 0 fully saturated rings. The third-order valence-electron chi connectivity index (χ3n) is 3.70. The summed E-state index contributed by atoms with van der Waals surface area (Å²) in [5.41, 5.74) is 7.09. The van der Waals surface area contributed by atoms with Crippen LogP contribution < -0.4 is 20.5 Å². The first-order chi connectivity index (χ1) is 12.1. The lowest BCUT2D eigenvalue weighted by molar-refractivity contribution is -0.120. The van der Waals surface area contributed by atoms with Crippen LogP contribution in [0.2, 0.25) is 0 Å². The summed E-state index contributed by atoms with van der Waals surface area (Å²) in [5, 5.41) is 2.89. The number of carbonyl (C=O) groups excluding carboxylic acids is 1. The third kappa shape index (κ3) is 6.78. The smallest absolute Gasteiger partial charge is 0.220 e. The molecule has 0 aromatic heterocycles. The largest absolute Gasteiger partial charge is 0.493 e. The second-order valence-corrected chi connectivity index (χ2v) is 6.60. The zero-order valence-electron chi connectivity index (χ0n) is 14.9. The molecule has 7 heteroatoms. The molecule has 3 N–H and O–H groups in total. The van der Waals surface area contributed by atoms with Gasteiger partial charge < -0.3 is 20.5 Å². The number of hydrogen-bond donors (Lipinski definition) is 2. The number of ether oxygens (including phenoxy) is 2. The number of methoxy groups -OCH3 is 2. The van der Waals surface area contributed by atoms with E-state index in [1.54, 1.807) is 26.0 Å². The minimum atomic E-state index is -0.191. The molecular formula is C19H25ClN2O3S. The fourth-order valence-corrected chi connectivity index (χ4v) is 3.18. The van der Waals surface area contributed by atoms with Gasteiger partial charge in [-0.3, -0.25) is 4.79 Å². The number of carbonyl (C=O) groups is 1. The molecule has 5 nitrogen and oxygen atoms in total. The minimum Gasteiger partial charge on any atom is -0.493 e. The first-order valence-corrected chi connectivity index (χ1v) is 9.04. The van der Waals surface area contributed by atoms with Crippen molar-refractivity contribution in [2.24, 2.45) is 5.73 Å². The zero-order chi connectivity index (χ0) is 18.1. The predicted molar refractivity (Wildman–Crippen MR) is 109 cm³/mol. The average Bonchev–Trinajstić information content (AvgIpc) is 2.66. The number of rotatable bonds is 9. The lowest BCUT2D eigenvalue weighted by Crippen LogP contribution is -2.32. The fourth-order valence-electron chi connectivity index (χ4n) is 2.30. The Morgan fingerprint density at radius 3 is 2.46 bits per heavy atom. The highest BCUT2D eigenvalue weighted by Gasteiger charge is 2.09. The van der Waals surface area contributed by atoms with Crippen molar-refractivity contribution < 1.29 is 14.3 Å². The molecule has 0 aliphatic rings. The van der Waals surface area contributed by atoms with Crippen molar-refractivity contribution >= 4 is 30.1 Å². The van der Waals surface area contributed by atoms with Crippen molar-refractivity contribution in [2.45, 2.75) is 17.4 Å². The monoisotopic (exact) mass is 396 g/mol. The molecule has 0 saturated carbocycles. The highest BCUT2D eigenvalue weighted by atomic mass is 35.5. The quantitative estimate of drug-likeness (QED) is 0.635. The van der Waals surface area contributed by atoms with Gasteiger partial charge in [0.1, 0.15) is 0 Å². The molecule has 142 valence electrons. The number of nitrogens with one attached hydrogen (secondary N) is 1. The highest BCUT2D eigenvalue weighted by Crippen LogP contribution is 2.31. The summed E-state index contributed by atoms with van der Waals surface area (Å²) >= 11 is 1.60. The van der Waals surface area contributed by atoms with E-state index < -0.39 is 0 Å². The Kier molecular flexibility index (Phi) is 9.95. The summed E-state index contributed by atoms with van der Waals surface area (Å²) in [6, 6.07) is 15.3. The number of hydrogen-bond acceptors (Lipinski definition) is 5. The number of nitrogens with two attached hydrogens (primary N) is 1. The van der Waals surface area contributed by atoms with Gasteiger partial charge in [0.15, 0.2) is 11.5 Å². The minimum absolute atomic E-state index is 0. The van der Waals surface area contributed by atoms with E-state index in [9.17, 15) is 4.79 Å². The SMILES string of the molecule is COc1ccc(SCCC(=O)NCC(N)c2ccccc2)cc1OC.Cl. The van der Waals surface area contributed by atoms with Gasteiger partial charge in [-0.15, -0.1) is 24.2 Å². The third-order valence-corrected chi connectivity index (χ3v) is 4.70. The molecule has 2 aromatic rings. The Labute approximate surface area is 165 Å². The van der Waals surface area contributed by atoms with Crippen LogP contribution in [0.15, 0.2) is 53.4 Å². The van der Waals surface area contributed by atoms with Crippen molar-refractivity contribution in [1.29, 1.82) is 0 Å². The van der Waals surface area contributed by atoms with E-state index >= 15 is 0 Å². The molecule has 0 aliphatic carbocycles. The van der Waals surface area contributed by atoms with Crippen LogP contribution in [0, 0.1) is 0 Å². The molecule has 0 heterocycles. The van der Waals surface area contributed by atoms with Crippen molar-refractivity contribution in [3.63, 3.8) is 0 Å². The summed E-state index contributed by atoms with van der Waals surface area (Å²) < 4.78 is 10.5. The van der Waals surface area contributed by atoms with Gasteiger partial charge >= 0.3 is 0 Å². The first-order valence-electron chi connectivity index (χ1n) is 8.06. The molecule has 1 unspecified atom stereocenters. The molecule has 1 amide bonds. The second kappa shape index (κ2) is 11.7. The van der Waals surface area contributed by atoms with E-state index in [0.717, 1.165) is 10.5 Å². The standard InChI is InChI=1S/C19H24N2O3S.ClH/c1-23-17-9-8-15(12-18(17)24-2)25-11-10-19(22)21-13-16(20)14-6-4-3-5-7-14;/h3-9,12,16H,10-11,13,20H2,1-2H3,(H,21,22);1H. The second-order valence-electron chi connectivity index (χ2n) is 5.44. The number of halogens is 1. The zero-order valence-corrected chi connectivity index (χ0v) is 16.6. The van der Waals surface area contributed by atoms with E-state index in [2.05, 4.69) is 5.32 Å². The van der Waals surface area contributed by atoms with Crippen LogP contribution in [0.3, 0.4) is 0 Å². The van der Waals surface area contributed by atoms with Crippen molar-refractivity contribution in [3.8, 4) is 11.5 Å². The summed E-state index contributed by atoms with van der Waals surface area (Å²) in [6.07, 6.45) is 0.431. The van der Waals surface area contributed by atoms with Crippen LogP contribution in [0.1, 0.15) is 18.0 Å². The molecule has 2 rings (SSSR count). The maximum atomic E-state index is 12.0. The molecule has 0 radical (unpaired) electrons. The fraction of sp³-hybridized carbons (Fsp3) is 0.316. The van der Waals surface area contributed by atoms with E-state index in [4.69, 9.17) is 15.2 Å². The lowest BCUT2D eigenvalue weighted by atomic mass is 10.1. The van der Waals surface area contributed by atoms with Crippen LogP contribution in [-0.4, -0.2) is 32.4 Å². The maximum absolute atomic E-state index is 12.0. The van der Waals surface area contributed by atoms with Crippen molar-refractivity contribution in [3.05, 3.63) is 54.1 Å². The van der Waals surface area contributed by atoms with E-state index in [-0.39, 0.29) is 24.4 Å². The van der Waals surface area contributed by atoms with Gasteiger partial charge in [0.2, 0.25) is 5.91 Å². The Bertz CT molecular complexity index is 686. The van der Waals surface area contributed by atoms with Gasteiger partial charge in [0, 0.05) is 29.7 Å². The maximum Gasteiger partial charge on any atom is 0.220 e. The summed E-state index contributed by atoms with van der Waals surface area (Å²) in [7, 11) is 3.21. The molecule has 2 aromatic carbocycles. The molecule has 1 atom stereocenters. The van der Waals surface area contributed by atoms with Gasteiger partial charge in [-0.05, 0) is 23.8 Å². The van der Waals surface area contributed by atoms with E-state index in [1.807, 2.05) is 48.5 Å². The summed E-state index contributed by atoms with van der Waals surface area (Å²) in [5.74, 6) is 2.06. The van der Waals surface area contributed by atoms with Crippen molar-refractivity contribution in [1.82, 2.24) is 5.32 Å². The lowest BCUT2D eigenvalue weighted by Gasteiger charge is -2.13. The molecule has 0 spiro atoms. The van der Waals surface area contributed by atoms with Gasteiger partial charge in [0.25, 0.3) is 0 Å². The van der Waals surface area contributed by atoms with Gasteiger partial charge in [-0.25, -0.2) is 0 Å². The Hall–Kier alpha value is -1.89. The van der Waals surface area contributed by atoms with Crippen LogP contribution >= 0.6 is 24.2 Å². The topological polar surface area (TPSA) is 73.6 Å². The van der Waals surface area contributed by atoms with E-state index in [0.29, 0.717) is 30.2 Å². The molecule has 0 saturated heterocycles. The van der Waals surface area contributed by atoms with Gasteiger partial charge in [0.05, 0.1) is 14.2 Å². The highest BCUT2D eigenvalue weighted by molar-refractivity contribution is 7.99. The molecule has 0 bridgehead atoms. The normalized spacial score (nSPS) is 11.2. The van der Waals surface area contributed by atoms with Crippen LogP contribution in [0.5, 0.6) is 11.5 Å². The van der Waals surface area contributed by atoms with Crippen LogP contribution in [0.25, 0.3) is 0 Å².